The van der Waals surface area contributed by atoms with Crippen LogP contribution in [0.3, 0.4) is 0 Å². The summed E-state index contributed by atoms with van der Waals surface area (Å²) in [6.45, 7) is 6.19. The van der Waals surface area contributed by atoms with Crippen LogP contribution in [-0.4, -0.2) is 59.5 Å². The lowest BCUT2D eigenvalue weighted by Crippen LogP contribution is -2.54. The van der Waals surface area contributed by atoms with Crippen LogP contribution in [0, 0.1) is 0 Å². The van der Waals surface area contributed by atoms with E-state index in [1.54, 1.807) is 12.4 Å². The van der Waals surface area contributed by atoms with Crippen molar-refractivity contribution in [1.82, 2.24) is 20.2 Å². The molecule has 1 atom stereocenters. The lowest BCUT2D eigenvalue weighted by Gasteiger charge is -2.37. The monoisotopic (exact) mass is 343 g/mol. The molecule has 1 fully saturated rings. The number of aromatic nitrogens is 2. The van der Waals surface area contributed by atoms with Gasteiger partial charge in [-0.1, -0.05) is 11.6 Å². The minimum absolute atomic E-state index is 0.0841. The van der Waals surface area contributed by atoms with Gasteiger partial charge in [-0.2, -0.15) is 0 Å². The molecule has 25 heavy (non-hydrogen) atoms. The largest absolute Gasteiger partial charge is 0.354 e. The Morgan fingerprint density at radius 2 is 1.96 bits per heavy atom. The van der Waals surface area contributed by atoms with Crippen molar-refractivity contribution < 1.29 is 4.79 Å². The molecule has 6 nitrogen and oxygen atoms in total. The number of piperazine rings is 1. The van der Waals surface area contributed by atoms with E-state index >= 15 is 0 Å². The number of carbonyl (C=O) groups excluding carboxylic acids is 1. The number of hydrogen-bond acceptors (Lipinski definition) is 5. The highest BCUT2D eigenvalue weighted by atomic mass is 16.2. The summed E-state index contributed by atoms with van der Waals surface area (Å²) in [5.41, 5.74) is 1.51. The van der Waals surface area contributed by atoms with E-state index in [-0.39, 0.29) is 11.9 Å². The molecule has 2 aliphatic rings. The number of nitrogens with one attached hydrogen (secondary N) is 1. The quantitative estimate of drug-likeness (QED) is 0.801. The van der Waals surface area contributed by atoms with Crippen molar-refractivity contribution in [3.63, 3.8) is 0 Å². The third-order valence-corrected chi connectivity index (χ3v) is 5.21. The highest BCUT2D eigenvalue weighted by Gasteiger charge is 2.26. The van der Waals surface area contributed by atoms with E-state index < -0.39 is 0 Å². The van der Waals surface area contributed by atoms with E-state index in [4.69, 9.17) is 0 Å². The first-order valence-corrected chi connectivity index (χ1v) is 9.45. The zero-order chi connectivity index (χ0) is 17.5. The van der Waals surface area contributed by atoms with Gasteiger partial charge in [0.15, 0.2) is 0 Å². The zero-order valence-corrected chi connectivity index (χ0v) is 15.2. The van der Waals surface area contributed by atoms with Crippen molar-refractivity contribution in [3.05, 3.63) is 30.1 Å². The summed E-state index contributed by atoms with van der Waals surface area (Å²) in [6.07, 6.45) is 11.9. The van der Waals surface area contributed by atoms with Crippen LogP contribution in [0.5, 0.6) is 0 Å². The number of rotatable bonds is 6. The Morgan fingerprint density at radius 3 is 2.64 bits per heavy atom. The topological polar surface area (TPSA) is 61.4 Å². The molecule has 0 bridgehead atoms. The maximum Gasteiger partial charge on any atom is 0.237 e. The van der Waals surface area contributed by atoms with Gasteiger partial charge < -0.3 is 10.2 Å². The van der Waals surface area contributed by atoms with Crippen molar-refractivity contribution in [2.24, 2.45) is 0 Å². The number of allylic oxidation sites excluding steroid dienone is 1. The number of anilines is 1. The van der Waals surface area contributed by atoms with Gasteiger partial charge in [0, 0.05) is 45.1 Å². The second-order valence-electron chi connectivity index (χ2n) is 6.90. The van der Waals surface area contributed by atoms with Crippen molar-refractivity contribution in [2.45, 2.75) is 45.1 Å². The fourth-order valence-corrected chi connectivity index (χ4v) is 3.56. The first kappa shape index (κ1) is 17.9. The van der Waals surface area contributed by atoms with E-state index in [9.17, 15) is 4.79 Å². The van der Waals surface area contributed by atoms with Gasteiger partial charge in [-0.3, -0.25) is 9.69 Å². The Balaban J connectivity index is 1.40. The average Bonchev–Trinajstić information content (AvgIpc) is 2.69. The van der Waals surface area contributed by atoms with Crippen LogP contribution in [0.15, 0.2) is 30.1 Å². The van der Waals surface area contributed by atoms with E-state index in [1.165, 1.54) is 31.3 Å². The third kappa shape index (κ3) is 5.01. The molecule has 3 rings (SSSR count). The lowest BCUT2D eigenvalue weighted by atomic mass is 9.97. The van der Waals surface area contributed by atoms with E-state index in [0.29, 0.717) is 0 Å². The second kappa shape index (κ2) is 8.94. The summed E-state index contributed by atoms with van der Waals surface area (Å²) in [5.74, 6) is 0.917. The summed E-state index contributed by atoms with van der Waals surface area (Å²) >= 11 is 0. The highest BCUT2D eigenvalue weighted by molar-refractivity contribution is 5.81. The summed E-state index contributed by atoms with van der Waals surface area (Å²) < 4.78 is 0. The lowest BCUT2D eigenvalue weighted by molar-refractivity contribution is -0.125. The van der Waals surface area contributed by atoms with Crippen LogP contribution in [0.2, 0.25) is 0 Å². The molecule has 6 heteroatoms. The normalized spacial score (nSPS) is 20.0. The van der Waals surface area contributed by atoms with Crippen molar-refractivity contribution in [3.8, 4) is 0 Å². The molecule has 136 valence electrons. The molecule has 1 aromatic rings. The van der Waals surface area contributed by atoms with E-state index in [1.807, 2.05) is 13.0 Å². The Hall–Kier alpha value is -1.95. The molecule has 1 aromatic heterocycles. The predicted octanol–water partition coefficient (Wildman–Crippen LogP) is 1.99. The number of hydrogen-bond donors (Lipinski definition) is 1. The Bertz CT molecular complexity index is 581. The van der Waals surface area contributed by atoms with E-state index in [0.717, 1.165) is 45.1 Å². The van der Waals surface area contributed by atoms with Crippen molar-refractivity contribution in [2.75, 3.05) is 37.6 Å². The van der Waals surface area contributed by atoms with Crippen molar-refractivity contribution in [1.29, 1.82) is 0 Å². The molecule has 0 radical (unpaired) electrons. The number of carbonyl (C=O) groups is 1. The maximum atomic E-state index is 12.4. The summed E-state index contributed by atoms with van der Waals surface area (Å²) in [4.78, 5) is 25.5. The third-order valence-electron chi connectivity index (χ3n) is 5.21. The number of nitrogens with zero attached hydrogens (tertiary/aromatic N) is 4. The fourth-order valence-electron chi connectivity index (χ4n) is 3.56. The standard InChI is InChI=1S/C19H29N5O/c1-16(18(25)20-11-8-17-6-3-2-4-7-17)23-12-14-24(15-13-23)19-21-9-5-10-22-19/h5-6,9-10,16H,2-4,7-8,11-15H2,1H3,(H,20,25). The molecule has 2 heterocycles. The minimum Gasteiger partial charge on any atom is -0.354 e. The molecule has 1 aliphatic carbocycles. The first-order chi connectivity index (χ1) is 12.2. The van der Waals surface area contributed by atoms with Crippen LogP contribution in [0.25, 0.3) is 0 Å². The van der Waals surface area contributed by atoms with Crippen molar-refractivity contribution >= 4 is 11.9 Å². The van der Waals surface area contributed by atoms with Crippen LogP contribution < -0.4 is 10.2 Å². The van der Waals surface area contributed by atoms with Gasteiger partial charge in [0.25, 0.3) is 0 Å². The van der Waals surface area contributed by atoms with Gasteiger partial charge in [-0.15, -0.1) is 0 Å². The Morgan fingerprint density at radius 1 is 1.20 bits per heavy atom. The van der Waals surface area contributed by atoms with Crippen LogP contribution in [0.1, 0.15) is 39.0 Å². The molecule has 1 unspecified atom stereocenters. The maximum absolute atomic E-state index is 12.4. The fraction of sp³-hybridized carbons (Fsp3) is 0.632. The van der Waals surface area contributed by atoms with Gasteiger partial charge in [0.1, 0.15) is 0 Å². The Labute approximate surface area is 150 Å². The molecular weight excluding hydrogens is 314 g/mol. The molecule has 1 aliphatic heterocycles. The van der Waals surface area contributed by atoms with Gasteiger partial charge in [0.05, 0.1) is 6.04 Å². The van der Waals surface area contributed by atoms with E-state index in [2.05, 4.69) is 31.2 Å². The van der Waals surface area contributed by atoms with Gasteiger partial charge >= 0.3 is 0 Å². The minimum atomic E-state index is -0.0841. The first-order valence-electron chi connectivity index (χ1n) is 9.45. The predicted molar refractivity (Wildman–Crippen MR) is 99.5 cm³/mol. The molecule has 1 N–H and O–H groups in total. The summed E-state index contributed by atoms with van der Waals surface area (Å²) in [6, 6.07) is 1.74. The second-order valence-corrected chi connectivity index (χ2v) is 6.90. The molecule has 0 spiro atoms. The molecular formula is C19H29N5O. The SMILES string of the molecule is CC(C(=O)NCCC1=CCCCC1)N1CCN(c2ncccn2)CC1. The molecule has 0 aromatic carbocycles. The summed E-state index contributed by atoms with van der Waals surface area (Å²) in [5, 5.41) is 3.11. The van der Waals surface area contributed by atoms with Crippen LogP contribution >= 0.6 is 0 Å². The van der Waals surface area contributed by atoms with Gasteiger partial charge in [0.2, 0.25) is 11.9 Å². The Kier molecular flexibility index (Phi) is 6.39. The van der Waals surface area contributed by atoms with Gasteiger partial charge in [-0.25, -0.2) is 9.97 Å². The summed E-state index contributed by atoms with van der Waals surface area (Å²) in [7, 11) is 0. The highest BCUT2D eigenvalue weighted by Crippen LogP contribution is 2.19. The van der Waals surface area contributed by atoms with Crippen LogP contribution in [-0.2, 0) is 4.79 Å². The molecule has 0 saturated carbocycles. The van der Waals surface area contributed by atoms with Gasteiger partial charge in [-0.05, 0) is 45.1 Å². The number of amides is 1. The average molecular weight is 343 g/mol. The molecule has 1 saturated heterocycles. The zero-order valence-electron chi connectivity index (χ0n) is 15.2. The van der Waals surface area contributed by atoms with Crippen LogP contribution in [0.4, 0.5) is 5.95 Å². The molecule has 1 amide bonds. The smallest absolute Gasteiger partial charge is 0.237 e.